The molecule has 0 radical (unpaired) electrons. The minimum absolute atomic E-state index is 0.111. The SMILES string of the molecule is CC(C)(C)n1c(N)nc2cc(Br)cnc21. The van der Waals surface area contributed by atoms with Crippen LogP contribution in [0.5, 0.6) is 0 Å². The average Bonchev–Trinajstić information content (AvgIpc) is 2.38. The Balaban J connectivity index is 2.80. The monoisotopic (exact) mass is 268 g/mol. The van der Waals surface area contributed by atoms with Gasteiger partial charge in [0.15, 0.2) is 5.65 Å². The van der Waals surface area contributed by atoms with Crippen molar-refractivity contribution < 1.29 is 0 Å². The van der Waals surface area contributed by atoms with Crippen LogP contribution in [0.2, 0.25) is 0 Å². The van der Waals surface area contributed by atoms with E-state index in [1.54, 1.807) is 6.20 Å². The smallest absolute Gasteiger partial charge is 0.202 e. The normalized spacial score (nSPS) is 12.3. The van der Waals surface area contributed by atoms with Crippen LogP contribution in [0.4, 0.5) is 5.95 Å². The van der Waals surface area contributed by atoms with Crippen molar-refractivity contribution in [3.8, 4) is 0 Å². The zero-order chi connectivity index (χ0) is 11.2. The number of fused-ring (bicyclic) bond motifs is 1. The minimum Gasteiger partial charge on any atom is -0.369 e. The molecule has 2 aromatic rings. The number of halogens is 1. The van der Waals surface area contributed by atoms with Crippen LogP contribution in [0.25, 0.3) is 11.2 Å². The first-order chi connectivity index (χ1) is 6.89. The number of hydrogen-bond acceptors (Lipinski definition) is 3. The second-order valence-corrected chi connectivity index (χ2v) is 5.39. The van der Waals surface area contributed by atoms with Gasteiger partial charge in [-0.3, -0.25) is 4.57 Å². The van der Waals surface area contributed by atoms with Gasteiger partial charge < -0.3 is 5.73 Å². The predicted molar refractivity (Wildman–Crippen MR) is 64.6 cm³/mol. The molecule has 0 aliphatic rings. The molecular formula is C10H13BrN4. The van der Waals surface area contributed by atoms with Gasteiger partial charge in [0.1, 0.15) is 5.52 Å². The molecule has 2 aromatic heterocycles. The number of pyridine rings is 1. The van der Waals surface area contributed by atoms with Crippen LogP contribution in [-0.2, 0) is 5.54 Å². The lowest BCUT2D eigenvalue weighted by Crippen LogP contribution is -2.23. The number of nitrogens with two attached hydrogens (primary N) is 1. The predicted octanol–water partition coefficient (Wildman–Crippen LogP) is 2.53. The van der Waals surface area contributed by atoms with Crippen LogP contribution >= 0.6 is 15.9 Å². The molecule has 5 heteroatoms. The Bertz CT molecular complexity index is 510. The van der Waals surface area contributed by atoms with E-state index >= 15 is 0 Å². The summed E-state index contributed by atoms with van der Waals surface area (Å²) in [5.74, 6) is 0.503. The van der Waals surface area contributed by atoms with E-state index in [0.29, 0.717) is 5.95 Å². The maximum atomic E-state index is 5.89. The van der Waals surface area contributed by atoms with Crippen LogP contribution < -0.4 is 5.73 Å². The van der Waals surface area contributed by atoms with Gasteiger partial charge in [-0.05, 0) is 42.8 Å². The van der Waals surface area contributed by atoms with Crippen molar-refractivity contribution in [3.63, 3.8) is 0 Å². The lowest BCUT2D eigenvalue weighted by molar-refractivity contribution is 0.412. The van der Waals surface area contributed by atoms with Crippen molar-refractivity contribution in [2.75, 3.05) is 5.73 Å². The van der Waals surface area contributed by atoms with E-state index in [1.165, 1.54) is 0 Å². The zero-order valence-electron chi connectivity index (χ0n) is 8.95. The first-order valence-corrected chi connectivity index (χ1v) is 5.49. The molecule has 0 bridgehead atoms. The summed E-state index contributed by atoms with van der Waals surface area (Å²) in [6, 6.07) is 1.92. The first-order valence-electron chi connectivity index (χ1n) is 4.69. The molecule has 2 heterocycles. The van der Waals surface area contributed by atoms with Crippen molar-refractivity contribution in [1.82, 2.24) is 14.5 Å². The molecule has 0 aliphatic carbocycles. The molecule has 2 N–H and O–H groups in total. The summed E-state index contributed by atoms with van der Waals surface area (Å²) >= 11 is 3.36. The molecule has 80 valence electrons. The third-order valence-electron chi connectivity index (χ3n) is 2.16. The highest BCUT2D eigenvalue weighted by molar-refractivity contribution is 9.10. The van der Waals surface area contributed by atoms with Crippen molar-refractivity contribution in [1.29, 1.82) is 0 Å². The second-order valence-electron chi connectivity index (χ2n) is 4.47. The van der Waals surface area contributed by atoms with Gasteiger partial charge in [-0.15, -0.1) is 0 Å². The summed E-state index contributed by atoms with van der Waals surface area (Å²) in [6.45, 7) is 6.23. The number of anilines is 1. The van der Waals surface area contributed by atoms with Crippen LogP contribution in [0.1, 0.15) is 20.8 Å². The minimum atomic E-state index is -0.111. The molecule has 0 fully saturated rings. The van der Waals surface area contributed by atoms with Crippen molar-refractivity contribution in [2.45, 2.75) is 26.3 Å². The molecule has 0 unspecified atom stereocenters. The molecule has 0 amide bonds. The van der Waals surface area contributed by atoms with Gasteiger partial charge in [0.05, 0.1) is 0 Å². The number of aromatic nitrogens is 3. The molecule has 4 nitrogen and oxygen atoms in total. The number of hydrogen-bond donors (Lipinski definition) is 1. The number of nitrogen functional groups attached to an aromatic ring is 1. The molecule has 0 aliphatic heterocycles. The fourth-order valence-corrected chi connectivity index (χ4v) is 1.94. The van der Waals surface area contributed by atoms with E-state index in [2.05, 4.69) is 46.7 Å². The van der Waals surface area contributed by atoms with Crippen LogP contribution in [-0.4, -0.2) is 14.5 Å². The van der Waals surface area contributed by atoms with E-state index < -0.39 is 0 Å². The fourth-order valence-electron chi connectivity index (χ4n) is 1.62. The summed E-state index contributed by atoms with van der Waals surface area (Å²) in [6.07, 6.45) is 1.76. The molecule has 0 saturated heterocycles. The number of nitrogens with zero attached hydrogens (tertiary/aromatic N) is 3. The van der Waals surface area contributed by atoms with Gasteiger partial charge in [-0.2, -0.15) is 0 Å². The van der Waals surface area contributed by atoms with Gasteiger partial charge in [0.2, 0.25) is 5.95 Å². The highest BCUT2D eigenvalue weighted by Gasteiger charge is 2.20. The molecule has 15 heavy (non-hydrogen) atoms. The average molecular weight is 269 g/mol. The van der Waals surface area contributed by atoms with Gasteiger partial charge in [0.25, 0.3) is 0 Å². The van der Waals surface area contributed by atoms with Gasteiger partial charge in [-0.1, -0.05) is 0 Å². The molecular weight excluding hydrogens is 256 g/mol. The van der Waals surface area contributed by atoms with E-state index in [1.807, 2.05) is 10.6 Å². The Morgan fingerprint density at radius 1 is 1.40 bits per heavy atom. The zero-order valence-corrected chi connectivity index (χ0v) is 10.5. The summed E-state index contributed by atoms with van der Waals surface area (Å²) in [4.78, 5) is 8.63. The maximum absolute atomic E-state index is 5.89. The Morgan fingerprint density at radius 2 is 2.07 bits per heavy atom. The van der Waals surface area contributed by atoms with Crippen LogP contribution in [0.3, 0.4) is 0 Å². The first kappa shape index (κ1) is 10.4. The van der Waals surface area contributed by atoms with E-state index in [-0.39, 0.29) is 5.54 Å². The molecule has 0 aromatic carbocycles. The highest BCUT2D eigenvalue weighted by Crippen LogP contribution is 2.26. The van der Waals surface area contributed by atoms with Crippen molar-refractivity contribution in [2.24, 2.45) is 0 Å². The van der Waals surface area contributed by atoms with Crippen molar-refractivity contribution >= 4 is 33.0 Å². The highest BCUT2D eigenvalue weighted by atomic mass is 79.9. The van der Waals surface area contributed by atoms with Gasteiger partial charge in [0, 0.05) is 16.2 Å². The largest absolute Gasteiger partial charge is 0.369 e. The third-order valence-corrected chi connectivity index (χ3v) is 2.59. The Hall–Kier alpha value is -1.10. The maximum Gasteiger partial charge on any atom is 0.202 e. The third kappa shape index (κ3) is 1.71. The molecule has 0 spiro atoms. The number of imidazole rings is 1. The Labute approximate surface area is 96.6 Å². The summed E-state index contributed by atoms with van der Waals surface area (Å²) < 4.78 is 2.85. The van der Waals surface area contributed by atoms with Gasteiger partial charge >= 0.3 is 0 Å². The van der Waals surface area contributed by atoms with Gasteiger partial charge in [-0.25, -0.2) is 9.97 Å². The van der Waals surface area contributed by atoms with Crippen LogP contribution in [0, 0.1) is 0 Å². The van der Waals surface area contributed by atoms with E-state index in [9.17, 15) is 0 Å². The summed E-state index contributed by atoms with van der Waals surface area (Å²) in [5.41, 5.74) is 7.41. The standard InChI is InChI=1S/C10H13BrN4/c1-10(2,3)15-8-7(14-9(15)12)4-6(11)5-13-8/h4-5H,1-3H3,(H2,12,14). The van der Waals surface area contributed by atoms with E-state index in [0.717, 1.165) is 15.6 Å². The molecule has 0 saturated carbocycles. The lowest BCUT2D eigenvalue weighted by atomic mass is 10.1. The quantitative estimate of drug-likeness (QED) is 0.799. The summed E-state index contributed by atoms with van der Waals surface area (Å²) in [5, 5.41) is 0. The second kappa shape index (κ2) is 3.20. The summed E-state index contributed by atoms with van der Waals surface area (Å²) in [7, 11) is 0. The Morgan fingerprint density at radius 3 is 2.67 bits per heavy atom. The topological polar surface area (TPSA) is 56.7 Å². The Kier molecular flexibility index (Phi) is 2.22. The van der Waals surface area contributed by atoms with E-state index in [4.69, 9.17) is 5.73 Å². The van der Waals surface area contributed by atoms with Crippen LogP contribution in [0.15, 0.2) is 16.7 Å². The van der Waals surface area contributed by atoms with Crippen molar-refractivity contribution in [3.05, 3.63) is 16.7 Å². The fraction of sp³-hybridized carbons (Fsp3) is 0.400. The number of rotatable bonds is 0. The molecule has 0 atom stereocenters. The molecule has 2 rings (SSSR count). The lowest BCUT2D eigenvalue weighted by Gasteiger charge is -2.22.